The number of pyridine rings is 1. The Morgan fingerprint density at radius 3 is 1.75 bits per heavy atom. The van der Waals surface area contributed by atoms with Crippen molar-refractivity contribution in [3.63, 3.8) is 0 Å². The lowest BCUT2D eigenvalue weighted by Gasteiger charge is -2.24. The molecule has 1 aromatic heterocycles. The Hall–Kier alpha value is -3.66. The molecular formula is C36H46N4. The van der Waals surface area contributed by atoms with Crippen molar-refractivity contribution in [2.24, 2.45) is 4.99 Å². The third-order valence-corrected chi connectivity index (χ3v) is 7.69. The number of allylic oxidation sites excluding steroid dienone is 2. The van der Waals surface area contributed by atoms with Crippen LogP contribution in [0, 0.1) is 0 Å². The van der Waals surface area contributed by atoms with E-state index < -0.39 is 0 Å². The van der Waals surface area contributed by atoms with E-state index >= 15 is 0 Å². The molecule has 4 nitrogen and oxygen atoms in total. The molecule has 0 spiro atoms. The van der Waals surface area contributed by atoms with Crippen LogP contribution in [0.25, 0.3) is 6.08 Å². The van der Waals surface area contributed by atoms with E-state index in [2.05, 4.69) is 141 Å². The molecule has 4 rings (SSSR count). The molecule has 2 heterocycles. The van der Waals surface area contributed by atoms with Gasteiger partial charge in [-0.3, -0.25) is 4.99 Å². The lowest BCUT2D eigenvalue weighted by molar-refractivity contribution is 0.834. The number of hydrogen-bond donors (Lipinski definition) is 2. The number of fused-ring (bicyclic) bond motifs is 1. The van der Waals surface area contributed by atoms with Crippen LogP contribution in [0.3, 0.4) is 0 Å². The van der Waals surface area contributed by atoms with Gasteiger partial charge >= 0.3 is 0 Å². The van der Waals surface area contributed by atoms with Crippen LogP contribution >= 0.6 is 0 Å². The highest BCUT2D eigenvalue weighted by atomic mass is 15.0. The van der Waals surface area contributed by atoms with Gasteiger partial charge in [0.25, 0.3) is 0 Å². The molecule has 0 amide bonds. The van der Waals surface area contributed by atoms with Gasteiger partial charge in [0.05, 0.1) is 22.8 Å². The molecule has 0 unspecified atom stereocenters. The molecule has 2 N–H and O–H groups in total. The molecule has 0 fully saturated rings. The molecule has 0 atom stereocenters. The van der Waals surface area contributed by atoms with Gasteiger partial charge in [0.1, 0.15) is 5.82 Å². The number of nitrogens with one attached hydrogen (secondary N) is 2. The molecule has 0 saturated heterocycles. The monoisotopic (exact) mass is 534 g/mol. The Balaban J connectivity index is 1.69. The first-order valence-corrected chi connectivity index (χ1v) is 14.7. The summed E-state index contributed by atoms with van der Waals surface area (Å²) in [5, 5.41) is 7.36. The van der Waals surface area contributed by atoms with Crippen molar-refractivity contribution in [3.8, 4) is 0 Å². The number of aromatic nitrogens is 1. The zero-order valence-corrected chi connectivity index (χ0v) is 26.0. The highest BCUT2D eigenvalue weighted by molar-refractivity contribution is 5.99. The first-order chi connectivity index (χ1) is 19.0. The Kier molecular flexibility index (Phi) is 8.98. The summed E-state index contributed by atoms with van der Waals surface area (Å²) in [6, 6.07) is 17.4. The zero-order chi connectivity index (χ0) is 29.1. The summed E-state index contributed by atoms with van der Waals surface area (Å²) < 4.78 is 0. The number of anilines is 2. The normalized spacial score (nSPS) is 14.7. The molecule has 0 radical (unpaired) electrons. The van der Waals surface area contributed by atoms with E-state index in [4.69, 9.17) is 9.98 Å². The molecule has 0 aliphatic carbocycles. The smallest absolute Gasteiger partial charge is 0.138 e. The second kappa shape index (κ2) is 12.2. The van der Waals surface area contributed by atoms with E-state index in [9.17, 15) is 0 Å². The maximum atomic E-state index is 5.17. The summed E-state index contributed by atoms with van der Waals surface area (Å²) in [7, 11) is 0. The van der Waals surface area contributed by atoms with E-state index in [1.54, 1.807) is 0 Å². The molecule has 1 aliphatic rings. The number of benzene rings is 2. The van der Waals surface area contributed by atoms with Crippen molar-refractivity contribution >= 4 is 29.0 Å². The van der Waals surface area contributed by atoms with E-state index in [1.807, 2.05) is 0 Å². The van der Waals surface area contributed by atoms with E-state index in [-0.39, 0.29) is 0 Å². The van der Waals surface area contributed by atoms with Crippen LogP contribution in [-0.2, 0) is 0 Å². The summed E-state index contributed by atoms with van der Waals surface area (Å²) in [5.74, 6) is 2.51. The van der Waals surface area contributed by atoms with Crippen LogP contribution in [0.4, 0.5) is 17.2 Å². The van der Waals surface area contributed by atoms with E-state index in [1.165, 1.54) is 27.9 Å². The summed E-state index contributed by atoms with van der Waals surface area (Å²) in [6.45, 7) is 22.1. The van der Waals surface area contributed by atoms with Gasteiger partial charge in [-0.05, 0) is 84.1 Å². The highest BCUT2D eigenvalue weighted by Gasteiger charge is 2.18. The largest absolute Gasteiger partial charge is 0.357 e. The predicted molar refractivity (Wildman–Crippen MR) is 174 cm³/mol. The number of hydrogen-bond acceptors (Lipinski definition) is 4. The predicted octanol–water partition coefficient (Wildman–Crippen LogP) is 10.5. The first kappa shape index (κ1) is 29.3. The average molecular weight is 535 g/mol. The van der Waals surface area contributed by atoms with Crippen LogP contribution in [0.15, 0.2) is 71.0 Å². The fourth-order valence-electron chi connectivity index (χ4n) is 5.28. The third-order valence-electron chi connectivity index (χ3n) is 7.69. The standard InChI is InChI=1S/C36H46N4/c1-21(2)28-13-11-14-29(22(3)4)34(28)37-25(9)32-19-17-27-18-20-33(40-36(27)39-32)26(10)38-35-30(23(5)6)15-12-16-31(35)24(7)8/h11-24,37H,1-10H3,(H,39,40)/b32-25+,38-26?. The van der Waals surface area contributed by atoms with Crippen LogP contribution < -0.4 is 10.6 Å². The Morgan fingerprint density at radius 1 is 0.700 bits per heavy atom. The van der Waals surface area contributed by atoms with Crippen molar-refractivity contribution in [2.75, 3.05) is 10.6 Å². The zero-order valence-electron chi connectivity index (χ0n) is 26.0. The number of para-hydroxylation sites is 2. The van der Waals surface area contributed by atoms with Gasteiger partial charge in [-0.1, -0.05) is 91.8 Å². The summed E-state index contributed by atoms with van der Waals surface area (Å²) in [6.07, 6.45) is 4.27. The Bertz CT molecular complexity index is 1420. The minimum Gasteiger partial charge on any atom is -0.357 e. The highest BCUT2D eigenvalue weighted by Crippen LogP contribution is 2.36. The van der Waals surface area contributed by atoms with Gasteiger partial charge < -0.3 is 10.6 Å². The van der Waals surface area contributed by atoms with Gasteiger partial charge in [0.15, 0.2) is 0 Å². The second-order valence-electron chi connectivity index (χ2n) is 12.2. The maximum Gasteiger partial charge on any atom is 0.138 e. The molecule has 0 saturated carbocycles. The van der Waals surface area contributed by atoms with E-state index in [0.29, 0.717) is 23.7 Å². The minimum atomic E-state index is 0.397. The number of nitrogens with zero attached hydrogens (tertiary/aromatic N) is 2. The maximum absolute atomic E-state index is 5.17. The summed E-state index contributed by atoms with van der Waals surface area (Å²) in [4.78, 5) is 10.2. The molecule has 4 heteroatoms. The number of aliphatic imine (C=N–C) groups is 1. The van der Waals surface area contributed by atoms with Crippen molar-refractivity contribution < 1.29 is 0 Å². The molecule has 3 aromatic rings. The van der Waals surface area contributed by atoms with Gasteiger partial charge in [-0.2, -0.15) is 0 Å². The molecule has 2 aromatic carbocycles. The molecular weight excluding hydrogens is 488 g/mol. The Labute approximate surface area is 241 Å². The molecule has 1 aliphatic heterocycles. The van der Waals surface area contributed by atoms with Gasteiger partial charge in [0.2, 0.25) is 0 Å². The van der Waals surface area contributed by atoms with Crippen LogP contribution in [-0.4, -0.2) is 10.7 Å². The SMILES string of the molecule is CC(=Nc1c(C(C)C)cccc1C(C)C)c1ccc2c(n1)N/C(=C(\C)Nc1c(C(C)C)cccc1C(C)C)C=C2. The summed E-state index contributed by atoms with van der Waals surface area (Å²) >= 11 is 0. The van der Waals surface area contributed by atoms with Gasteiger partial charge in [-0.25, -0.2) is 4.98 Å². The summed E-state index contributed by atoms with van der Waals surface area (Å²) in [5.41, 5.74) is 12.5. The fraction of sp³-hybridized carbons (Fsp3) is 0.389. The van der Waals surface area contributed by atoms with Crippen LogP contribution in [0.5, 0.6) is 0 Å². The van der Waals surface area contributed by atoms with Crippen molar-refractivity contribution in [2.45, 2.75) is 92.9 Å². The van der Waals surface area contributed by atoms with Crippen molar-refractivity contribution in [1.82, 2.24) is 4.98 Å². The lowest BCUT2D eigenvalue weighted by Crippen LogP contribution is -2.14. The van der Waals surface area contributed by atoms with Crippen molar-refractivity contribution in [3.05, 3.63) is 99.5 Å². The third kappa shape index (κ3) is 6.22. The van der Waals surface area contributed by atoms with Gasteiger partial charge in [0, 0.05) is 16.9 Å². The first-order valence-electron chi connectivity index (χ1n) is 14.7. The average Bonchev–Trinajstić information content (AvgIpc) is 2.91. The van der Waals surface area contributed by atoms with Crippen molar-refractivity contribution in [1.29, 1.82) is 0 Å². The minimum absolute atomic E-state index is 0.397. The van der Waals surface area contributed by atoms with Gasteiger partial charge in [-0.15, -0.1) is 0 Å². The quantitative estimate of drug-likeness (QED) is 0.283. The fourth-order valence-corrected chi connectivity index (χ4v) is 5.28. The molecule has 0 bridgehead atoms. The topological polar surface area (TPSA) is 49.3 Å². The second-order valence-corrected chi connectivity index (χ2v) is 12.2. The van der Waals surface area contributed by atoms with Crippen LogP contribution in [0.2, 0.25) is 0 Å². The number of rotatable bonds is 8. The van der Waals surface area contributed by atoms with E-state index in [0.717, 1.165) is 39.9 Å². The van der Waals surface area contributed by atoms with Crippen LogP contribution in [0.1, 0.15) is 126 Å². The molecule has 210 valence electrons. The lowest BCUT2D eigenvalue weighted by atomic mass is 9.92. The Morgan fingerprint density at radius 2 is 1.23 bits per heavy atom. The molecule has 40 heavy (non-hydrogen) atoms.